The smallest absolute Gasteiger partial charge is 0.147 e. The Morgan fingerprint density at radius 2 is 2.16 bits per heavy atom. The molecule has 0 saturated carbocycles. The van der Waals surface area contributed by atoms with Crippen LogP contribution in [0, 0.1) is 0 Å². The maximum atomic E-state index is 6.21. The molecule has 1 aliphatic heterocycles. The number of fused-ring (bicyclic) bond motifs is 1. The average molecular weight is 254 g/mol. The summed E-state index contributed by atoms with van der Waals surface area (Å²) in [5.74, 6) is 0. The Labute approximate surface area is 110 Å². The molecule has 2 unspecified atom stereocenters. The number of hydrogen-bond acceptors (Lipinski definition) is 6. The largest absolute Gasteiger partial charge is 0.307 e. The molecule has 0 bridgehead atoms. The fourth-order valence-corrected chi connectivity index (χ4v) is 2.13. The van der Waals surface area contributed by atoms with Gasteiger partial charge in [0.05, 0.1) is 5.52 Å². The summed E-state index contributed by atoms with van der Waals surface area (Å²) >= 11 is 0. The highest BCUT2D eigenvalue weighted by Crippen LogP contribution is 2.20. The monoisotopic (exact) mass is 254 g/mol. The van der Waals surface area contributed by atoms with E-state index in [0.717, 1.165) is 16.5 Å². The van der Waals surface area contributed by atoms with E-state index >= 15 is 0 Å². The summed E-state index contributed by atoms with van der Waals surface area (Å²) < 4.78 is 0. The molecule has 1 aromatic carbocycles. The van der Waals surface area contributed by atoms with Gasteiger partial charge in [0.25, 0.3) is 0 Å². The highest BCUT2D eigenvalue weighted by Gasteiger charge is 2.32. The van der Waals surface area contributed by atoms with E-state index in [1.807, 2.05) is 18.2 Å². The first-order valence-electron chi connectivity index (χ1n) is 5.97. The molecule has 19 heavy (non-hydrogen) atoms. The quantitative estimate of drug-likeness (QED) is 0.802. The molecule has 96 valence electrons. The fourth-order valence-electron chi connectivity index (χ4n) is 2.13. The van der Waals surface area contributed by atoms with Crippen molar-refractivity contribution in [1.82, 2.24) is 9.97 Å². The standard InChI is InChI=1S/C13H14N6/c14-12-13(15,19-4-3-17-12)6-9-1-2-11-10(5-9)7-16-8-18-11/h1-5,7-8,12H,6,14-15H2. The van der Waals surface area contributed by atoms with Crippen LogP contribution in [-0.4, -0.2) is 34.2 Å². The molecule has 0 fully saturated rings. The Kier molecular flexibility index (Phi) is 2.81. The van der Waals surface area contributed by atoms with Crippen molar-refractivity contribution in [2.24, 2.45) is 21.5 Å². The normalized spacial score (nSPS) is 25.9. The topological polar surface area (TPSA) is 103 Å². The third-order valence-corrected chi connectivity index (χ3v) is 3.20. The molecule has 6 nitrogen and oxygen atoms in total. The molecule has 0 amide bonds. The van der Waals surface area contributed by atoms with Crippen LogP contribution >= 0.6 is 0 Å². The summed E-state index contributed by atoms with van der Waals surface area (Å²) in [7, 11) is 0. The molecule has 3 rings (SSSR count). The summed E-state index contributed by atoms with van der Waals surface area (Å²) in [6.07, 6.45) is 6.46. The summed E-state index contributed by atoms with van der Waals surface area (Å²) in [5.41, 5.74) is 13.2. The Morgan fingerprint density at radius 3 is 3.00 bits per heavy atom. The maximum Gasteiger partial charge on any atom is 0.147 e. The van der Waals surface area contributed by atoms with E-state index in [1.165, 1.54) is 6.33 Å². The van der Waals surface area contributed by atoms with Gasteiger partial charge >= 0.3 is 0 Å². The number of benzene rings is 1. The third-order valence-electron chi connectivity index (χ3n) is 3.20. The van der Waals surface area contributed by atoms with E-state index in [1.54, 1.807) is 18.6 Å². The van der Waals surface area contributed by atoms with Gasteiger partial charge < -0.3 is 11.5 Å². The second-order valence-electron chi connectivity index (χ2n) is 4.61. The fraction of sp³-hybridized carbons (Fsp3) is 0.231. The van der Waals surface area contributed by atoms with Crippen LogP contribution in [0.2, 0.25) is 0 Å². The zero-order chi connectivity index (χ0) is 13.3. The number of hydrogen-bond donors (Lipinski definition) is 2. The lowest BCUT2D eigenvalue weighted by Crippen LogP contribution is -2.55. The molecule has 0 radical (unpaired) electrons. The minimum atomic E-state index is -0.891. The van der Waals surface area contributed by atoms with Gasteiger partial charge in [0.15, 0.2) is 0 Å². The lowest BCUT2D eigenvalue weighted by molar-refractivity contribution is 0.363. The molecule has 1 aliphatic rings. The first kappa shape index (κ1) is 11.9. The summed E-state index contributed by atoms with van der Waals surface area (Å²) in [6.45, 7) is 0. The van der Waals surface area contributed by atoms with E-state index in [2.05, 4.69) is 20.0 Å². The molecule has 2 atom stereocenters. The van der Waals surface area contributed by atoms with Gasteiger partial charge in [-0.3, -0.25) is 9.98 Å². The van der Waals surface area contributed by atoms with E-state index in [4.69, 9.17) is 11.5 Å². The van der Waals surface area contributed by atoms with Gasteiger partial charge in [-0.05, 0) is 17.7 Å². The van der Waals surface area contributed by atoms with Crippen LogP contribution in [-0.2, 0) is 6.42 Å². The van der Waals surface area contributed by atoms with Gasteiger partial charge in [-0.15, -0.1) is 0 Å². The molecular weight excluding hydrogens is 240 g/mol. The molecule has 2 aromatic rings. The third kappa shape index (κ3) is 2.23. The van der Waals surface area contributed by atoms with Crippen molar-refractivity contribution in [3.63, 3.8) is 0 Å². The van der Waals surface area contributed by atoms with E-state index in [-0.39, 0.29) is 0 Å². The predicted molar refractivity (Wildman–Crippen MR) is 75.1 cm³/mol. The van der Waals surface area contributed by atoms with Crippen molar-refractivity contribution in [2.45, 2.75) is 18.2 Å². The van der Waals surface area contributed by atoms with Crippen molar-refractivity contribution < 1.29 is 0 Å². The lowest BCUT2D eigenvalue weighted by atomic mass is 9.97. The van der Waals surface area contributed by atoms with E-state index in [9.17, 15) is 0 Å². The molecule has 0 aliphatic carbocycles. The van der Waals surface area contributed by atoms with Crippen LogP contribution in [0.5, 0.6) is 0 Å². The van der Waals surface area contributed by atoms with Crippen LogP contribution in [0.4, 0.5) is 0 Å². The van der Waals surface area contributed by atoms with Crippen LogP contribution in [0.1, 0.15) is 5.56 Å². The summed E-state index contributed by atoms with van der Waals surface area (Å²) in [5, 5.41) is 0.973. The predicted octanol–water partition coefficient (Wildman–Crippen LogP) is 0.267. The SMILES string of the molecule is NC1N=CC=NC1(N)Cc1ccc2ncncc2c1. The molecule has 6 heteroatoms. The molecule has 0 spiro atoms. The van der Waals surface area contributed by atoms with E-state index in [0.29, 0.717) is 6.42 Å². The van der Waals surface area contributed by atoms with E-state index < -0.39 is 11.8 Å². The highest BCUT2D eigenvalue weighted by molar-refractivity contribution is 6.16. The number of rotatable bonds is 2. The Hall–Kier alpha value is -2.18. The number of nitrogens with zero attached hydrogens (tertiary/aromatic N) is 4. The van der Waals surface area contributed by atoms with Gasteiger partial charge in [0.2, 0.25) is 0 Å². The molecule has 1 aromatic heterocycles. The van der Waals surface area contributed by atoms with Crippen molar-refractivity contribution in [3.05, 3.63) is 36.3 Å². The van der Waals surface area contributed by atoms with Gasteiger partial charge in [0, 0.05) is 30.4 Å². The zero-order valence-electron chi connectivity index (χ0n) is 10.3. The highest BCUT2D eigenvalue weighted by atomic mass is 15.2. The number of aliphatic imine (C=N–C) groups is 2. The first-order valence-corrected chi connectivity index (χ1v) is 5.97. The minimum absolute atomic E-state index is 0.521. The van der Waals surface area contributed by atoms with Crippen molar-refractivity contribution in [2.75, 3.05) is 0 Å². The van der Waals surface area contributed by atoms with Gasteiger partial charge in [-0.2, -0.15) is 0 Å². The maximum absolute atomic E-state index is 6.21. The summed E-state index contributed by atoms with van der Waals surface area (Å²) in [6, 6.07) is 5.92. The van der Waals surface area contributed by atoms with Crippen LogP contribution in [0.3, 0.4) is 0 Å². The van der Waals surface area contributed by atoms with Crippen LogP contribution < -0.4 is 11.5 Å². The molecule has 4 N–H and O–H groups in total. The number of aromatic nitrogens is 2. The van der Waals surface area contributed by atoms with Gasteiger partial charge in [-0.1, -0.05) is 6.07 Å². The minimum Gasteiger partial charge on any atom is -0.307 e. The Balaban J connectivity index is 1.93. The lowest BCUT2D eigenvalue weighted by Gasteiger charge is -2.30. The van der Waals surface area contributed by atoms with Crippen molar-refractivity contribution in [1.29, 1.82) is 0 Å². The average Bonchev–Trinajstić information content (AvgIpc) is 2.42. The van der Waals surface area contributed by atoms with Crippen molar-refractivity contribution >= 4 is 23.3 Å². The molecular formula is C13H14N6. The van der Waals surface area contributed by atoms with Gasteiger partial charge in [-0.25, -0.2) is 9.97 Å². The van der Waals surface area contributed by atoms with Gasteiger partial charge in [0.1, 0.15) is 18.2 Å². The van der Waals surface area contributed by atoms with Crippen molar-refractivity contribution in [3.8, 4) is 0 Å². The Morgan fingerprint density at radius 1 is 1.26 bits per heavy atom. The number of nitrogens with two attached hydrogens (primary N) is 2. The molecule has 0 saturated heterocycles. The second-order valence-corrected chi connectivity index (χ2v) is 4.61. The van der Waals surface area contributed by atoms with Crippen LogP contribution in [0.15, 0.2) is 40.7 Å². The second kappa shape index (κ2) is 4.49. The van der Waals surface area contributed by atoms with Crippen LogP contribution in [0.25, 0.3) is 10.9 Å². The molecule has 2 heterocycles. The Bertz CT molecular complexity index is 665. The first-order chi connectivity index (χ1) is 9.17. The summed E-state index contributed by atoms with van der Waals surface area (Å²) in [4.78, 5) is 16.6. The zero-order valence-corrected chi connectivity index (χ0v) is 10.3.